The third-order valence-corrected chi connectivity index (χ3v) is 6.84. The van der Waals surface area contributed by atoms with Crippen LogP contribution in [0.25, 0.3) is 33.6 Å². The zero-order chi connectivity index (χ0) is 24.6. The standard InChI is InChI=1S/C28H30N8/c1-4-13-36-18-22(17-30-36)19-6-8-20(9-7-19)28-26-24(33-34(28)3)11-10-21-16-29-25(31-27(21)26)15-23-12-14-35(5-2)32-23/h6-9,12,14,16-18H,4-5,10-11,13,15H2,1-3H3. The second kappa shape index (κ2) is 9.18. The van der Waals surface area contributed by atoms with Gasteiger partial charge in [-0.25, -0.2) is 9.97 Å². The lowest BCUT2D eigenvalue weighted by Crippen LogP contribution is -2.09. The Labute approximate surface area is 210 Å². The first-order chi connectivity index (χ1) is 17.6. The van der Waals surface area contributed by atoms with Gasteiger partial charge < -0.3 is 0 Å². The Morgan fingerprint density at radius 2 is 1.72 bits per heavy atom. The first kappa shape index (κ1) is 22.4. The van der Waals surface area contributed by atoms with Gasteiger partial charge in [0.2, 0.25) is 0 Å². The van der Waals surface area contributed by atoms with Crippen LogP contribution in [0.1, 0.15) is 43.0 Å². The molecule has 0 atom stereocenters. The number of rotatable bonds is 7. The molecule has 0 saturated carbocycles. The normalized spacial score (nSPS) is 12.5. The molecular formula is C28H30N8. The summed E-state index contributed by atoms with van der Waals surface area (Å²) in [5.74, 6) is 0.789. The Kier molecular flexibility index (Phi) is 5.71. The molecule has 1 aliphatic rings. The predicted molar refractivity (Wildman–Crippen MR) is 139 cm³/mol. The lowest BCUT2D eigenvalue weighted by Gasteiger charge is -2.16. The van der Waals surface area contributed by atoms with Gasteiger partial charge in [0.25, 0.3) is 0 Å². The molecule has 0 fully saturated rings. The Balaban J connectivity index is 1.35. The van der Waals surface area contributed by atoms with E-state index in [0.29, 0.717) is 6.42 Å². The summed E-state index contributed by atoms with van der Waals surface area (Å²) >= 11 is 0. The summed E-state index contributed by atoms with van der Waals surface area (Å²) in [6.45, 7) is 6.04. The molecule has 0 amide bonds. The summed E-state index contributed by atoms with van der Waals surface area (Å²) in [5, 5.41) is 14.0. The highest BCUT2D eigenvalue weighted by atomic mass is 15.3. The number of aryl methyl sites for hydroxylation is 5. The third kappa shape index (κ3) is 4.02. The third-order valence-electron chi connectivity index (χ3n) is 6.84. The molecule has 0 N–H and O–H groups in total. The van der Waals surface area contributed by atoms with E-state index in [9.17, 15) is 0 Å². The number of benzene rings is 1. The maximum absolute atomic E-state index is 5.05. The van der Waals surface area contributed by atoms with Crippen molar-refractivity contribution in [3.63, 3.8) is 0 Å². The molecule has 182 valence electrons. The highest BCUT2D eigenvalue weighted by Gasteiger charge is 2.27. The van der Waals surface area contributed by atoms with Crippen LogP contribution in [0.15, 0.2) is 55.1 Å². The molecule has 0 unspecified atom stereocenters. The number of hydrogen-bond donors (Lipinski definition) is 0. The number of aromatic nitrogens is 8. The van der Waals surface area contributed by atoms with Crippen LogP contribution in [0.3, 0.4) is 0 Å². The van der Waals surface area contributed by atoms with E-state index in [-0.39, 0.29) is 0 Å². The fourth-order valence-electron chi connectivity index (χ4n) is 5.04. The first-order valence-corrected chi connectivity index (χ1v) is 12.7. The minimum absolute atomic E-state index is 0.617. The summed E-state index contributed by atoms with van der Waals surface area (Å²) in [5.41, 5.74) is 9.92. The summed E-state index contributed by atoms with van der Waals surface area (Å²) < 4.78 is 5.93. The van der Waals surface area contributed by atoms with Crippen LogP contribution in [0, 0.1) is 0 Å². The van der Waals surface area contributed by atoms with E-state index in [1.807, 2.05) is 45.7 Å². The predicted octanol–water partition coefficient (Wildman–Crippen LogP) is 4.72. The minimum atomic E-state index is 0.617. The maximum Gasteiger partial charge on any atom is 0.134 e. The van der Waals surface area contributed by atoms with Gasteiger partial charge in [0.05, 0.1) is 35.4 Å². The van der Waals surface area contributed by atoms with Crippen LogP contribution in [0.5, 0.6) is 0 Å². The van der Waals surface area contributed by atoms with Crippen LogP contribution >= 0.6 is 0 Å². The molecule has 4 aromatic heterocycles. The molecule has 4 heterocycles. The van der Waals surface area contributed by atoms with Crippen LogP contribution in [0.2, 0.25) is 0 Å². The lowest BCUT2D eigenvalue weighted by molar-refractivity contribution is 0.603. The Morgan fingerprint density at radius 1 is 0.889 bits per heavy atom. The van der Waals surface area contributed by atoms with Crippen molar-refractivity contribution in [3.8, 4) is 33.6 Å². The molecule has 0 bridgehead atoms. The highest BCUT2D eigenvalue weighted by molar-refractivity contribution is 5.84. The Hall–Kier alpha value is -4.07. The van der Waals surface area contributed by atoms with Crippen molar-refractivity contribution in [1.29, 1.82) is 0 Å². The van der Waals surface area contributed by atoms with Crippen LogP contribution < -0.4 is 0 Å². The van der Waals surface area contributed by atoms with E-state index in [1.54, 1.807) is 0 Å². The van der Waals surface area contributed by atoms with Gasteiger partial charge in [0, 0.05) is 55.4 Å². The number of nitrogens with zero attached hydrogens (tertiary/aromatic N) is 8. The summed E-state index contributed by atoms with van der Waals surface area (Å²) in [6, 6.07) is 10.7. The van der Waals surface area contributed by atoms with E-state index in [1.165, 1.54) is 5.56 Å². The topological polar surface area (TPSA) is 79.2 Å². The highest BCUT2D eigenvalue weighted by Crippen LogP contribution is 2.39. The number of hydrogen-bond acceptors (Lipinski definition) is 5. The van der Waals surface area contributed by atoms with E-state index in [4.69, 9.17) is 10.1 Å². The fourth-order valence-corrected chi connectivity index (χ4v) is 5.04. The zero-order valence-electron chi connectivity index (χ0n) is 21.0. The second-order valence-electron chi connectivity index (χ2n) is 9.36. The largest absolute Gasteiger partial charge is 0.273 e. The fraction of sp³-hybridized carbons (Fsp3) is 0.321. The average molecular weight is 479 g/mol. The Morgan fingerprint density at radius 3 is 2.50 bits per heavy atom. The molecule has 8 nitrogen and oxygen atoms in total. The van der Waals surface area contributed by atoms with Crippen LogP contribution in [-0.4, -0.2) is 39.3 Å². The molecule has 0 spiro atoms. The first-order valence-electron chi connectivity index (χ1n) is 12.7. The van der Waals surface area contributed by atoms with Gasteiger partial charge in [0.1, 0.15) is 5.82 Å². The molecule has 1 aliphatic carbocycles. The number of fused-ring (bicyclic) bond motifs is 3. The lowest BCUT2D eigenvalue weighted by atomic mass is 9.91. The molecule has 1 aromatic carbocycles. The van der Waals surface area contributed by atoms with Gasteiger partial charge in [-0.1, -0.05) is 31.2 Å². The molecule has 8 heteroatoms. The second-order valence-corrected chi connectivity index (χ2v) is 9.36. The quantitative estimate of drug-likeness (QED) is 0.338. The van der Waals surface area contributed by atoms with Crippen molar-refractivity contribution >= 4 is 0 Å². The zero-order valence-corrected chi connectivity index (χ0v) is 21.0. The molecule has 0 aliphatic heterocycles. The Bertz CT molecular complexity index is 1520. The molecule has 6 rings (SSSR count). The van der Waals surface area contributed by atoms with E-state index in [0.717, 1.165) is 83.2 Å². The van der Waals surface area contributed by atoms with Crippen molar-refractivity contribution < 1.29 is 0 Å². The maximum atomic E-state index is 5.05. The van der Waals surface area contributed by atoms with Gasteiger partial charge >= 0.3 is 0 Å². The van der Waals surface area contributed by atoms with E-state index in [2.05, 4.69) is 59.5 Å². The van der Waals surface area contributed by atoms with E-state index < -0.39 is 0 Å². The van der Waals surface area contributed by atoms with Gasteiger partial charge in [-0.05, 0) is 43.4 Å². The summed E-state index contributed by atoms with van der Waals surface area (Å²) in [7, 11) is 2.02. The van der Waals surface area contributed by atoms with Crippen molar-refractivity contribution in [2.45, 2.75) is 52.6 Å². The molecular weight excluding hydrogens is 448 g/mol. The van der Waals surface area contributed by atoms with Gasteiger partial charge in [-0.3, -0.25) is 14.0 Å². The van der Waals surface area contributed by atoms with Crippen molar-refractivity contribution in [2.24, 2.45) is 7.05 Å². The summed E-state index contributed by atoms with van der Waals surface area (Å²) in [4.78, 5) is 9.71. The monoisotopic (exact) mass is 478 g/mol. The van der Waals surface area contributed by atoms with Crippen molar-refractivity contribution in [1.82, 2.24) is 39.3 Å². The van der Waals surface area contributed by atoms with Gasteiger partial charge in [-0.15, -0.1) is 0 Å². The van der Waals surface area contributed by atoms with Crippen LogP contribution in [-0.2, 0) is 39.4 Å². The smallest absolute Gasteiger partial charge is 0.134 e. The van der Waals surface area contributed by atoms with Gasteiger partial charge in [0.15, 0.2) is 0 Å². The SMILES string of the molecule is CCCn1cc(-c2ccc(-c3c4c(nn3C)CCc3cnc(Cc5ccn(CC)n5)nc3-4)cc2)cn1. The van der Waals surface area contributed by atoms with Crippen molar-refractivity contribution in [2.75, 3.05) is 0 Å². The van der Waals surface area contributed by atoms with Crippen LogP contribution in [0.4, 0.5) is 0 Å². The van der Waals surface area contributed by atoms with Crippen molar-refractivity contribution in [3.05, 3.63) is 77.9 Å². The van der Waals surface area contributed by atoms with E-state index >= 15 is 0 Å². The molecule has 36 heavy (non-hydrogen) atoms. The van der Waals surface area contributed by atoms with Gasteiger partial charge in [-0.2, -0.15) is 15.3 Å². The average Bonchev–Trinajstić information content (AvgIpc) is 3.63. The summed E-state index contributed by atoms with van der Waals surface area (Å²) in [6.07, 6.45) is 11.5. The molecule has 0 saturated heterocycles. The molecule has 5 aromatic rings. The molecule has 0 radical (unpaired) electrons. The minimum Gasteiger partial charge on any atom is -0.273 e.